The molecule has 0 radical (unpaired) electrons. The fourth-order valence-electron chi connectivity index (χ4n) is 1.26. The number of allylic oxidation sites excluding steroid dienone is 2. The standard InChI is InChI=1S/C12H16.CH4/c1-3-4-8-11(2)12-9-6-5-7-10-12;/h3-7,9-11H,8H2,1-2H3;1H4. The van der Waals surface area contributed by atoms with Crippen molar-refractivity contribution in [3.63, 3.8) is 0 Å². The summed E-state index contributed by atoms with van der Waals surface area (Å²) < 4.78 is 0. The molecule has 0 saturated heterocycles. The van der Waals surface area contributed by atoms with Crippen LogP contribution in [0.1, 0.15) is 39.2 Å². The van der Waals surface area contributed by atoms with Crippen molar-refractivity contribution in [1.29, 1.82) is 0 Å². The van der Waals surface area contributed by atoms with Gasteiger partial charge >= 0.3 is 0 Å². The van der Waals surface area contributed by atoms with E-state index in [1.165, 1.54) is 5.56 Å². The maximum absolute atomic E-state index is 2.26. The van der Waals surface area contributed by atoms with Gasteiger partial charge in [-0.05, 0) is 24.8 Å². The van der Waals surface area contributed by atoms with Crippen LogP contribution in [0.25, 0.3) is 0 Å². The average molecular weight is 176 g/mol. The van der Waals surface area contributed by atoms with Gasteiger partial charge in [0.2, 0.25) is 0 Å². The molecule has 1 aromatic rings. The highest BCUT2D eigenvalue weighted by Gasteiger charge is 2.00. The highest BCUT2D eigenvalue weighted by Crippen LogP contribution is 2.18. The molecule has 0 N–H and O–H groups in total. The Kier molecular flexibility index (Phi) is 5.96. The number of hydrogen-bond donors (Lipinski definition) is 0. The van der Waals surface area contributed by atoms with Gasteiger partial charge in [0.25, 0.3) is 0 Å². The van der Waals surface area contributed by atoms with Crippen LogP contribution in [0.15, 0.2) is 42.5 Å². The molecular formula is C13H20. The van der Waals surface area contributed by atoms with Gasteiger partial charge in [-0.25, -0.2) is 0 Å². The third-order valence-electron chi connectivity index (χ3n) is 2.09. The van der Waals surface area contributed by atoms with E-state index in [2.05, 4.69) is 56.3 Å². The van der Waals surface area contributed by atoms with Crippen molar-refractivity contribution in [3.05, 3.63) is 48.0 Å². The maximum atomic E-state index is 2.26. The predicted molar refractivity (Wildman–Crippen MR) is 61.0 cm³/mol. The quantitative estimate of drug-likeness (QED) is 0.599. The van der Waals surface area contributed by atoms with E-state index in [0.29, 0.717) is 5.92 Å². The van der Waals surface area contributed by atoms with Crippen molar-refractivity contribution in [1.82, 2.24) is 0 Å². The molecule has 0 bridgehead atoms. The minimum Gasteiger partial charge on any atom is -0.0916 e. The van der Waals surface area contributed by atoms with Crippen LogP contribution >= 0.6 is 0 Å². The zero-order chi connectivity index (χ0) is 8.81. The van der Waals surface area contributed by atoms with Crippen molar-refractivity contribution in [3.8, 4) is 0 Å². The van der Waals surface area contributed by atoms with Gasteiger partial charge in [-0.1, -0.05) is 56.8 Å². The first kappa shape index (κ1) is 12.0. The number of benzene rings is 1. The summed E-state index contributed by atoms with van der Waals surface area (Å²) >= 11 is 0. The van der Waals surface area contributed by atoms with Crippen molar-refractivity contribution in [2.24, 2.45) is 0 Å². The molecule has 1 unspecified atom stereocenters. The maximum Gasteiger partial charge on any atom is -0.0156 e. The largest absolute Gasteiger partial charge is 0.0916 e. The second-order valence-corrected chi connectivity index (χ2v) is 3.12. The van der Waals surface area contributed by atoms with Crippen molar-refractivity contribution < 1.29 is 0 Å². The molecule has 0 spiro atoms. The van der Waals surface area contributed by atoms with E-state index in [9.17, 15) is 0 Å². The van der Waals surface area contributed by atoms with Gasteiger partial charge in [-0.3, -0.25) is 0 Å². The molecular weight excluding hydrogens is 156 g/mol. The fraction of sp³-hybridized carbons (Fsp3) is 0.385. The lowest BCUT2D eigenvalue weighted by molar-refractivity contribution is 0.780. The first-order valence-electron chi connectivity index (χ1n) is 4.50. The minimum atomic E-state index is 0. The summed E-state index contributed by atoms with van der Waals surface area (Å²) in [7, 11) is 0. The summed E-state index contributed by atoms with van der Waals surface area (Å²) in [6.45, 7) is 4.33. The Morgan fingerprint density at radius 3 is 2.38 bits per heavy atom. The van der Waals surface area contributed by atoms with Crippen LogP contribution in [-0.2, 0) is 0 Å². The molecule has 0 aromatic heterocycles. The van der Waals surface area contributed by atoms with Crippen LogP contribution in [0.4, 0.5) is 0 Å². The zero-order valence-electron chi connectivity index (χ0n) is 7.83. The summed E-state index contributed by atoms with van der Waals surface area (Å²) in [6, 6.07) is 10.6. The van der Waals surface area contributed by atoms with E-state index in [-0.39, 0.29) is 7.43 Å². The first-order chi connectivity index (χ1) is 5.84. The zero-order valence-corrected chi connectivity index (χ0v) is 7.83. The van der Waals surface area contributed by atoms with Gasteiger partial charge in [0.15, 0.2) is 0 Å². The molecule has 1 atom stereocenters. The lowest BCUT2D eigenvalue weighted by Gasteiger charge is -2.07. The van der Waals surface area contributed by atoms with E-state index in [0.717, 1.165) is 6.42 Å². The Morgan fingerprint density at radius 2 is 1.85 bits per heavy atom. The molecule has 0 aliphatic rings. The van der Waals surface area contributed by atoms with E-state index in [1.54, 1.807) is 0 Å². The molecule has 0 saturated carbocycles. The normalized spacial score (nSPS) is 12.5. The Morgan fingerprint density at radius 1 is 1.23 bits per heavy atom. The van der Waals surface area contributed by atoms with E-state index in [4.69, 9.17) is 0 Å². The topological polar surface area (TPSA) is 0 Å². The van der Waals surface area contributed by atoms with Gasteiger partial charge in [0.05, 0.1) is 0 Å². The second kappa shape index (κ2) is 6.47. The monoisotopic (exact) mass is 176 g/mol. The predicted octanol–water partition coefficient (Wildman–Crippen LogP) is 4.39. The Bertz CT molecular complexity index is 233. The molecule has 1 aromatic carbocycles. The van der Waals surface area contributed by atoms with Crippen LogP contribution in [0.5, 0.6) is 0 Å². The first-order valence-corrected chi connectivity index (χ1v) is 4.50. The van der Waals surface area contributed by atoms with E-state index >= 15 is 0 Å². The lowest BCUT2D eigenvalue weighted by atomic mass is 9.98. The van der Waals surface area contributed by atoms with Crippen molar-refractivity contribution >= 4 is 0 Å². The third-order valence-corrected chi connectivity index (χ3v) is 2.09. The average Bonchev–Trinajstić information content (AvgIpc) is 2.15. The minimum absolute atomic E-state index is 0. The van der Waals surface area contributed by atoms with E-state index < -0.39 is 0 Å². The molecule has 0 aliphatic carbocycles. The molecule has 72 valence electrons. The molecule has 0 aliphatic heterocycles. The van der Waals surface area contributed by atoms with Crippen LogP contribution in [-0.4, -0.2) is 0 Å². The molecule has 1 rings (SSSR count). The summed E-state index contributed by atoms with van der Waals surface area (Å²) in [5, 5.41) is 0. The lowest BCUT2D eigenvalue weighted by Crippen LogP contribution is -1.89. The number of rotatable bonds is 3. The van der Waals surface area contributed by atoms with Crippen LogP contribution in [0, 0.1) is 0 Å². The highest BCUT2D eigenvalue weighted by atomic mass is 14.1. The fourth-order valence-corrected chi connectivity index (χ4v) is 1.26. The smallest absolute Gasteiger partial charge is 0.0156 e. The van der Waals surface area contributed by atoms with Crippen LogP contribution < -0.4 is 0 Å². The summed E-state index contributed by atoms with van der Waals surface area (Å²) in [5.41, 5.74) is 1.43. The second-order valence-electron chi connectivity index (χ2n) is 3.12. The van der Waals surface area contributed by atoms with Crippen LogP contribution in [0.3, 0.4) is 0 Å². The molecule has 0 heterocycles. The van der Waals surface area contributed by atoms with Gasteiger partial charge in [-0.15, -0.1) is 0 Å². The van der Waals surface area contributed by atoms with Gasteiger partial charge in [0.1, 0.15) is 0 Å². The summed E-state index contributed by atoms with van der Waals surface area (Å²) in [4.78, 5) is 0. The van der Waals surface area contributed by atoms with Gasteiger partial charge < -0.3 is 0 Å². The highest BCUT2D eigenvalue weighted by molar-refractivity contribution is 5.19. The molecule has 0 amide bonds. The SMILES string of the molecule is C.CC=CCC(C)c1ccccc1. The van der Waals surface area contributed by atoms with Gasteiger partial charge in [0, 0.05) is 0 Å². The van der Waals surface area contributed by atoms with Crippen molar-refractivity contribution in [2.75, 3.05) is 0 Å². The molecule has 0 nitrogen and oxygen atoms in total. The summed E-state index contributed by atoms with van der Waals surface area (Å²) in [6.07, 6.45) is 5.47. The molecule has 13 heavy (non-hydrogen) atoms. The summed E-state index contributed by atoms with van der Waals surface area (Å²) in [5.74, 6) is 0.641. The molecule has 0 fully saturated rings. The Balaban J connectivity index is 0.00000144. The Hall–Kier alpha value is -1.04. The van der Waals surface area contributed by atoms with Gasteiger partial charge in [-0.2, -0.15) is 0 Å². The third kappa shape index (κ3) is 3.93. The molecule has 0 heteroatoms. The van der Waals surface area contributed by atoms with Crippen molar-refractivity contribution in [2.45, 2.75) is 33.6 Å². The number of hydrogen-bond acceptors (Lipinski definition) is 0. The Labute approximate surface area is 82.3 Å². The van der Waals surface area contributed by atoms with E-state index in [1.807, 2.05) is 0 Å². The van der Waals surface area contributed by atoms with Crippen LogP contribution in [0.2, 0.25) is 0 Å².